The van der Waals surface area contributed by atoms with Gasteiger partial charge in [0.15, 0.2) is 0 Å². The second-order valence-electron chi connectivity index (χ2n) is 5.97. The van der Waals surface area contributed by atoms with Crippen LogP contribution in [0.2, 0.25) is 0 Å². The number of hydrogen-bond acceptors (Lipinski definition) is 3. The van der Waals surface area contributed by atoms with Gasteiger partial charge in [0.05, 0.1) is 6.04 Å². The highest BCUT2D eigenvalue weighted by Gasteiger charge is 2.11. The molecule has 0 spiro atoms. The summed E-state index contributed by atoms with van der Waals surface area (Å²) in [5, 5.41) is 14.6. The summed E-state index contributed by atoms with van der Waals surface area (Å²) in [5.74, 6) is 0. The molecular weight excluding hydrogens is 302 g/mol. The van der Waals surface area contributed by atoms with E-state index in [0.29, 0.717) is 6.42 Å². The summed E-state index contributed by atoms with van der Waals surface area (Å²) in [6.07, 6.45) is 5.03. The van der Waals surface area contributed by atoms with Crippen LogP contribution >= 0.6 is 0 Å². The van der Waals surface area contributed by atoms with Crippen LogP contribution in [0, 0.1) is 0 Å². The molecule has 0 fully saturated rings. The number of nitrogens with zero attached hydrogens (tertiary/aromatic N) is 1. The topological polar surface area (TPSA) is 74.2 Å². The maximum atomic E-state index is 12.0. The van der Waals surface area contributed by atoms with Crippen molar-refractivity contribution < 1.29 is 9.90 Å². The summed E-state index contributed by atoms with van der Waals surface area (Å²) in [5.41, 5.74) is 3.21. The van der Waals surface area contributed by atoms with Crippen molar-refractivity contribution in [1.29, 1.82) is 0 Å². The van der Waals surface area contributed by atoms with Crippen LogP contribution in [0.5, 0.6) is 0 Å². The Labute approximate surface area is 143 Å². The van der Waals surface area contributed by atoms with Gasteiger partial charge in [-0.3, -0.25) is 4.98 Å². The summed E-state index contributed by atoms with van der Waals surface area (Å²) < 4.78 is 0. The van der Waals surface area contributed by atoms with Crippen LogP contribution < -0.4 is 10.6 Å². The molecule has 24 heavy (non-hydrogen) atoms. The van der Waals surface area contributed by atoms with E-state index in [1.807, 2.05) is 56.4 Å². The third kappa shape index (κ3) is 5.35. The van der Waals surface area contributed by atoms with Crippen molar-refractivity contribution >= 4 is 6.03 Å². The van der Waals surface area contributed by atoms with Crippen LogP contribution in [-0.2, 0) is 0 Å². The second kappa shape index (κ2) is 9.03. The molecule has 128 valence electrons. The molecule has 1 aromatic carbocycles. The number of amides is 2. The first-order valence-electron chi connectivity index (χ1n) is 8.28. The van der Waals surface area contributed by atoms with E-state index in [2.05, 4.69) is 15.6 Å². The molecule has 0 bridgehead atoms. The smallest absolute Gasteiger partial charge is 0.315 e. The van der Waals surface area contributed by atoms with Gasteiger partial charge in [0.25, 0.3) is 0 Å². The number of urea groups is 1. The number of benzene rings is 1. The fourth-order valence-electron chi connectivity index (χ4n) is 2.51. The van der Waals surface area contributed by atoms with Crippen LogP contribution in [0.25, 0.3) is 11.1 Å². The highest BCUT2D eigenvalue weighted by Crippen LogP contribution is 2.21. The van der Waals surface area contributed by atoms with Gasteiger partial charge in [0.2, 0.25) is 0 Å². The monoisotopic (exact) mass is 327 g/mol. The van der Waals surface area contributed by atoms with Gasteiger partial charge in [-0.1, -0.05) is 30.3 Å². The van der Waals surface area contributed by atoms with Gasteiger partial charge >= 0.3 is 6.03 Å². The Morgan fingerprint density at radius 3 is 2.50 bits per heavy atom. The third-order valence-corrected chi connectivity index (χ3v) is 3.93. The molecule has 5 nitrogen and oxygen atoms in total. The van der Waals surface area contributed by atoms with E-state index in [1.54, 1.807) is 6.20 Å². The molecule has 5 heteroatoms. The molecule has 2 aromatic rings. The van der Waals surface area contributed by atoms with Crippen molar-refractivity contribution in [1.82, 2.24) is 15.6 Å². The van der Waals surface area contributed by atoms with Crippen LogP contribution in [0.4, 0.5) is 4.79 Å². The SMILES string of the molecule is CC(CCCO)NC(=O)NC(C)c1ccc(-c2cccnc2)cc1. The number of hydrogen-bond donors (Lipinski definition) is 3. The van der Waals surface area contributed by atoms with Gasteiger partial charge in [-0.15, -0.1) is 0 Å². The summed E-state index contributed by atoms with van der Waals surface area (Å²) in [4.78, 5) is 16.1. The summed E-state index contributed by atoms with van der Waals surface area (Å²) >= 11 is 0. The second-order valence-corrected chi connectivity index (χ2v) is 5.97. The summed E-state index contributed by atoms with van der Waals surface area (Å²) in [6.45, 7) is 4.03. The normalized spacial score (nSPS) is 13.1. The average Bonchev–Trinajstić information content (AvgIpc) is 2.60. The lowest BCUT2D eigenvalue weighted by Gasteiger charge is -2.18. The van der Waals surface area contributed by atoms with E-state index in [9.17, 15) is 4.79 Å². The lowest BCUT2D eigenvalue weighted by Crippen LogP contribution is -2.41. The number of pyridine rings is 1. The largest absolute Gasteiger partial charge is 0.396 e. The molecule has 0 aliphatic rings. The van der Waals surface area contributed by atoms with Gasteiger partial charge in [0.1, 0.15) is 0 Å². The fourth-order valence-corrected chi connectivity index (χ4v) is 2.51. The summed E-state index contributed by atoms with van der Waals surface area (Å²) in [6, 6.07) is 11.8. The Morgan fingerprint density at radius 1 is 1.12 bits per heavy atom. The first-order valence-corrected chi connectivity index (χ1v) is 8.28. The van der Waals surface area contributed by atoms with Crippen molar-refractivity contribution in [3.63, 3.8) is 0 Å². The van der Waals surface area contributed by atoms with E-state index in [0.717, 1.165) is 23.1 Å². The fraction of sp³-hybridized carbons (Fsp3) is 0.368. The van der Waals surface area contributed by atoms with Crippen molar-refractivity contribution in [3.05, 3.63) is 54.4 Å². The van der Waals surface area contributed by atoms with Gasteiger partial charge in [-0.25, -0.2) is 4.79 Å². The Hall–Kier alpha value is -2.40. The molecule has 2 amide bonds. The van der Waals surface area contributed by atoms with Crippen molar-refractivity contribution in [2.75, 3.05) is 6.61 Å². The van der Waals surface area contributed by atoms with Crippen LogP contribution in [0.15, 0.2) is 48.8 Å². The zero-order valence-electron chi connectivity index (χ0n) is 14.2. The molecule has 0 aliphatic carbocycles. The molecule has 3 N–H and O–H groups in total. The number of aromatic nitrogens is 1. The maximum Gasteiger partial charge on any atom is 0.315 e. The van der Waals surface area contributed by atoms with E-state index >= 15 is 0 Å². The molecule has 1 aromatic heterocycles. The van der Waals surface area contributed by atoms with Gasteiger partial charge in [0, 0.05) is 25.0 Å². The van der Waals surface area contributed by atoms with E-state index in [4.69, 9.17) is 5.11 Å². The number of carbonyl (C=O) groups is 1. The lowest BCUT2D eigenvalue weighted by molar-refractivity contribution is 0.231. The molecular formula is C19H25N3O2. The Morgan fingerprint density at radius 2 is 1.88 bits per heavy atom. The van der Waals surface area contributed by atoms with Crippen LogP contribution in [0.3, 0.4) is 0 Å². The predicted molar refractivity (Wildman–Crippen MR) is 95.5 cm³/mol. The number of nitrogens with one attached hydrogen (secondary N) is 2. The first-order chi connectivity index (χ1) is 11.6. The van der Waals surface area contributed by atoms with Crippen molar-refractivity contribution in [2.24, 2.45) is 0 Å². The van der Waals surface area contributed by atoms with Crippen molar-refractivity contribution in [2.45, 2.75) is 38.8 Å². The standard InChI is InChI=1S/C19H25N3O2/c1-14(5-4-12-23)21-19(24)22-15(2)16-7-9-17(10-8-16)18-6-3-11-20-13-18/h3,6-11,13-15,23H,4-5,12H2,1-2H3,(H2,21,22,24). The molecule has 2 unspecified atom stereocenters. The Bertz CT molecular complexity index is 629. The molecule has 1 heterocycles. The van der Waals surface area contributed by atoms with Gasteiger partial charge in [-0.2, -0.15) is 0 Å². The molecule has 2 rings (SSSR count). The van der Waals surface area contributed by atoms with E-state index in [-0.39, 0.29) is 24.7 Å². The molecule has 0 saturated heterocycles. The Kier molecular flexibility index (Phi) is 6.75. The van der Waals surface area contributed by atoms with E-state index < -0.39 is 0 Å². The minimum absolute atomic E-state index is 0.0392. The maximum absolute atomic E-state index is 12.0. The van der Waals surface area contributed by atoms with Crippen LogP contribution in [0.1, 0.15) is 38.3 Å². The third-order valence-electron chi connectivity index (χ3n) is 3.93. The summed E-state index contributed by atoms with van der Waals surface area (Å²) in [7, 11) is 0. The molecule has 0 aliphatic heterocycles. The Balaban J connectivity index is 1.90. The zero-order chi connectivity index (χ0) is 17.4. The number of rotatable bonds is 7. The quantitative estimate of drug-likeness (QED) is 0.730. The van der Waals surface area contributed by atoms with Crippen molar-refractivity contribution in [3.8, 4) is 11.1 Å². The van der Waals surface area contributed by atoms with E-state index in [1.165, 1.54) is 0 Å². The predicted octanol–water partition coefficient (Wildman–Crippen LogP) is 3.27. The molecule has 2 atom stereocenters. The van der Waals surface area contributed by atoms with Gasteiger partial charge in [-0.05, 0) is 49.4 Å². The van der Waals surface area contributed by atoms with Gasteiger partial charge < -0.3 is 15.7 Å². The van der Waals surface area contributed by atoms with Crippen LogP contribution in [-0.4, -0.2) is 28.8 Å². The first kappa shape index (κ1) is 17.9. The highest BCUT2D eigenvalue weighted by molar-refractivity contribution is 5.74. The highest BCUT2D eigenvalue weighted by atomic mass is 16.3. The number of aliphatic hydroxyl groups excluding tert-OH is 1. The average molecular weight is 327 g/mol. The minimum Gasteiger partial charge on any atom is -0.396 e. The minimum atomic E-state index is -0.190. The molecule has 0 saturated carbocycles. The molecule has 0 radical (unpaired) electrons. The lowest BCUT2D eigenvalue weighted by atomic mass is 10.0. The zero-order valence-corrected chi connectivity index (χ0v) is 14.2. The number of carbonyl (C=O) groups excluding carboxylic acids is 1. The number of aliphatic hydroxyl groups is 1.